The van der Waals surface area contributed by atoms with Crippen LogP contribution in [0, 0.1) is 11.3 Å². The number of aromatic carboxylic acids is 1. The Bertz CT molecular complexity index is 2110. The fourth-order valence-corrected chi connectivity index (χ4v) is 9.44. The van der Waals surface area contributed by atoms with Gasteiger partial charge in [-0.1, -0.05) is 164 Å². The summed E-state index contributed by atoms with van der Waals surface area (Å²) in [5.74, 6) is -1.05. The summed E-state index contributed by atoms with van der Waals surface area (Å²) < 4.78 is 0. The Morgan fingerprint density at radius 2 is 1.15 bits per heavy atom. The zero-order chi connectivity index (χ0) is 36.8. The van der Waals surface area contributed by atoms with E-state index in [2.05, 4.69) is 85.6 Å². The predicted octanol–water partition coefficient (Wildman–Crippen LogP) is 13.1. The van der Waals surface area contributed by atoms with E-state index in [1.54, 1.807) is 6.07 Å². The maximum absolute atomic E-state index is 11.6. The molecule has 1 atom stereocenters. The minimum absolute atomic E-state index is 0.0110. The molecule has 2 aliphatic carbocycles. The SMILES string of the molecule is CCCCCCCCC1(CCCCCCCC)c2ccccc2-c2cc3c(cc21)-c1ccccc1C3(C#N)c1ccc(-c2ccnc(C(=O)O)c2)cc1. The van der Waals surface area contributed by atoms with Gasteiger partial charge in [-0.15, -0.1) is 0 Å². The topological polar surface area (TPSA) is 74.0 Å². The van der Waals surface area contributed by atoms with Crippen LogP contribution in [-0.2, 0) is 10.8 Å². The number of pyridine rings is 1. The number of carbonyl (C=O) groups is 1. The molecule has 1 N–H and O–H groups in total. The third-order valence-electron chi connectivity index (χ3n) is 12.1. The van der Waals surface area contributed by atoms with Crippen molar-refractivity contribution in [3.8, 4) is 39.4 Å². The molecule has 0 amide bonds. The Kier molecular flexibility index (Phi) is 10.9. The number of benzene rings is 4. The summed E-state index contributed by atoms with van der Waals surface area (Å²) in [4.78, 5) is 15.6. The van der Waals surface area contributed by atoms with Crippen LogP contribution >= 0.6 is 0 Å². The van der Waals surface area contributed by atoms with Gasteiger partial charge in [-0.3, -0.25) is 0 Å². The van der Waals surface area contributed by atoms with Gasteiger partial charge in [0.05, 0.1) is 6.07 Å². The molecule has 4 heteroatoms. The average Bonchev–Trinajstić information content (AvgIpc) is 3.63. The number of unbranched alkanes of at least 4 members (excludes halogenated alkanes) is 10. The second-order valence-corrected chi connectivity index (χ2v) is 15.3. The van der Waals surface area contributed by atoms with Gasteiger partial charge >= 0.3 is 5.97 Å². The number of carboxylic acid groups (broad SMARTS) is 1. The first-order valence-electron chi connectivity index (χ1n) is 20.1. The van der Waals surface area contributed by atoms with Gasteiger partial charge in [0.1, 0.15) is 11.1 Å². The van der Waals surface area contributed by atoms with Crippen molar-refractivity contribution in [1.29, 1.82) is 5.26 Å². The smallest absolute Gasteiger partial charge is 0.354 e. The molecule has 0 saturated carbocycles. The van der Waals surface area contributed by atoms with E-state index < -0.39 is 11.4 Å². The summed E-state index contributed by atoms with van der Waals surface area (Å²) >= 11 is 0. The van der Waals surface area contributed by atoms with Crippen molar-refractivity contribution in [2.75, 3.05) is 0 Å². The summed E-state index contributed by atoms with van der Waals surface area (Å²) in [7, 11) is 0. The molecular formula is C49H52N2O2. The van der Waals surface area contributed by atoms with Gasteiger partial charge in [-0.05, 0) is 98.3 Å². The summed E-state index contributed by atoms with van der Waals surface area (Å²) in [6.07, 6.45) is 19.3. The van der Waals surface area contributed by atoms with Gasteiger partial charge in [-0.25, -0.2) is 9.78 Å². The largest absolute Gasteiger partial charge is 0.477 e. The second-order valence-electron chi connectivity index (χ2n) is 15.3. The predicted molar refractivity (Wildman–Crippen MR) is 216 cm³/mol. The van der Waals surface area contributed by atoms with Gasteiger partial charge in [-0.2, -0.15) is 5.26 Å². The van der Waals surface area contributed by atoms with Crippen molar-refractivity contribution in [3.63, 3.8) is 0 Å². The van der Waals surface area contributed by atoms with E-state index in [9.17, 15) is 15.2 Å². The van der Waals surface area contributed by atoms with Crippen LogP contribution in [0.4, 0.5) is 0 Å². The molecule has 7 rings (SSSR count). The molecule has 2 aliphatic rings. The number of nitriles is 1. The maximum atomic E-state index is 11.6. The number of aromatic nitrogens is 1. The van der Waals surface area contributed by atoms with Crippen molar-refractivity contribution in [2.24, 2.45) is 0 Å². The van der Waals surface area contributed by atoms with E-state index >= 15 is 0 Å². The monoisotopic (exact) mass is 700 g/mol. The molecule has 0 spiro atoms. The highest BCUT2D eigenvalue weighted by atomic mass is 16.4. The third kappa shape index (κ3) is 6.61. The standard InChI is InChI=1S/C49H52N2O2/c1-3-5-7-9-11-17-28-48(29-18-12-10-8-6-4-2)42-21-15-13-19-38(42)40-33-45-41(32-44(40)48)39-20-14-16-22-43(39)49(45,34-50)37-25-23-35(24-26-37)36-27-30-51-46(31-36)47(52)53/h13-16,19-27,30-33H,3-12,17-18,28-29H2,1-2H3,(H,52,53). The van der Waals surface area contributed by atoms with Gasteiger partial charge in [0.25, 0.3) is 0 Å². The summed E-state index contributed by atoms with van der Waals surface area (Å²) in [6.45, 7) is 4.57. The lowest BCUT2D eigenvalue weighted by molar-refractivity contribution is 0.0690. The number of hydrogen-bond donors (Lipinski definition) is 1. The molecule has 1 aromatic heterocycles. The normalized spacial score (nSPS) is 16.0. The number of rotatable bonds is 17. The minimum atomic E-state index is -1.05. The molecule has 1 heterocycles. The maximum Gasteiger partial charge on any atom is 0.354 e. The molecule has 0 saturated heterocycles. The van der Waals surface area contributed by atoms with E-state index in [1.165, 1.54) is 111 Å². The summed E-state index contributed by atoms with van der Waals surface area (Å²) in [6, 6.07) is 36.9. The van der Waals surface area contributed by atoms with E-state index in [4.69, 9.17) is 0 Å². The quantitative estimate of drug-likeness (QED) is 0.0980. The van der Waals surface area contributed by atoms with Crippen LogP contribution in [0.25, 0.3) is 33.4 Å². The highest BCUT2D eigenvalue weighted by Crippen LogP contribution is 2.60. The van der Waals surface area contributed by atoms with E-state index in [-0.39, 0.29) is 11.1 Å². The first-order valence-corrected chi connectivity index (χ1v) is 20.1. The van der Waals surface area contributed by atoms with Crippen LogP contribution in [-0.4, -0.2) is 16.1 Å². The number of fused-ring (bicyclic) bond motifs is 6. The minimum Gasteiger partial charge on any atom is -0.477 e. The van der Waals surface area contributed by atoms with Crippen molar-refractivity contribution in [3.05, 3.63) is 137 Å². The lowest BCUT2D eigenvalue weighted by Crippen LogP contribution is -2.26. The molecule has 5 aromatic rings. The van der Waals surface area contributed by atoms with Gasteiger partial charge in [0.15, 0.2) is 0 Å². The Labute approximate surface area is 316 Å². The van der Waals surface area contributed by atoms with Crippen LogP contribution < -0.4 is 0 Å². The van der Waals surface area contributed by atoms with Crippen LogP contribution in [0.1, 0.15) is 142 Å². The second kappa shape index (κ2) is 15.9. The lowest BCUT2D eigenvalue weighted by atomic mass is 9.69. The first kappa shape index (κ1) is 36.4. The lowest BCUT2D eigenvalue weighted by Gasteiger charge is -2.33. The zero-order valence-electron chi connectivity index (χ0n) is 31.5. The molecule has 0 aliphatic heterocycles. The van der Waals surface area contributed by atoms with Crippen molar-refractivity contribution in [2.45, 2.75) is 115 Å². The molecule has 4 aromatic carbocycles. The molecule has 0 radical (unpaired) electrons. The van der Waals surface area contributed by atoms with Crippen molar-refractivity contribution in [1.82, 2.24) is 4.98 Å². The molecule has 4 nitrogen and oxygen atoms in total. The Balaban J connectivity index is 1.33. The number of nitrogens with zero attached hydrogens (tertiary/aromatic N) is 2. The molecule has 0 bridgehead atoms. The van der Waals surface area contributed by atoms with Gasteiger partial charge in [0, 0.05) is 11.6 Å². The Morgan fingerprint density at radius 3 is 1.77 bits per heavy atom. The molecule has 1 unspecified atom stereocenters. The zero-order valence-corrected chi connectivity index (χ0v) is 31.5. The average molecular weight is 701 g/mol. The fraction of sp³-hybridized carbons (Fsp3) is 0.367. The Morgan fingerprint density at radius 1 is 0.604 bits per heavy atom. The van der Waals surface area contributed by atoms with E-state index in [0.717, 1.165) is 46.2 Å². The fourth-order valence-electron chi connectivity index (χ4n) is 9.44. The van der Waals surface area contributed by atoms with E-state index in [1.807, 2.05) is 30.3 Å². The molecular weight excluding hydrogens is 649 g/mol. The van der Waals surface area contributed by atoms with Gasteiger partial charge in [0.2, 0.25) is 0 Å². The molecule has 0 fully saturated rings. The van der Waals surface area contributed by atoms with Crippen molar-refractivity contribution < 1.29 is 9.90 Å². The van der Waals surface area contributed by atoms with Crippen LogP contribution in [0.2, 0.25) is 0 Å². The van der Waals surface area contributed by atoms with Gasteiger partial charge < -0.3 is 5.11 Å². The highest BCUT2D eigenvalue weighted by molar-refractivity contribution is 5.92. The van der Waals surface area contributed by atoms with Crippen LogP contribution in [0.3, 0.4) is 0 Å². The number of carboxylic acids is 1. The molecule has 270 valence electrons. The molecule has 53 heavy (non-hydrogen) atoms. The van der Waals surface area contributed by atoms with Crippen LogP contribution in [0.5, 0.6) is 0 Å². The summed E-state index contributed by atoms with van der Waals surface area (Å²) in [5.41, 5.74) is 11.5. The van der Waals surface area contributed by atoms with Crippen LogP contribution in [0.15, 0.2) is 103 Å². The third-order valence-corrected chi connectivity index (χ3v) is 12.1. The number of hydrogen-bond acceptors (Lipinski definition) is 3. The first-order chi connectivity index (χ1) is 26.0. The van der Waals surface area contributed by atoms with E-state index in [0.29, 0.717) is 0 Å². The highest BCUT2D eigenvalue weighted by Gasteiger charge is 2.49. The Hall–Kier alpha value is -5.01. The van der Waals surface area contributed by atoms with Crippen molar-refractivity contribution >= 4 is 5.97 Å². The summed E-state index contributed by atoms with van der Waals surface area (Å²) in [5, 5.41) is 20.9.